The van der Waals surface area contributed by atoms with Gasteiger partial charge in [-0.05, 0) is 36.8 Å². The molecule has 3 atom stereocenters. The van der Waals surface area contributed by atoms with Gasteiger partial charge in [0, 0.05) is 28.9 Å². The van der Waals surface area contributed by atoms with Crippen LogP contribution in [-0.2, 0) is 36.9 Å². The predicted molar refractivity (Wildman–Crippen MR) is 129 cm³/mol. The summed E-state index contributed by atoms with van der Waals surface area (Å²) in [5.74, 6) is -1.79. The molecule has 4 rings (SSSR count). The fourth-order valence-corrected chi connectivity index (χ4v) is 5.44. The summed E-state index contributed by atoms with van der Waals surface area (Å²) >= 11 is -1.96. The third-order valence-electron chi connectivity index (χ3n) is 5.70. The van der Waals surface area contributed by atoms with Crippen LogP contribution in [0.2, 0.25) is 0 Å². The number of β-lactam (4-membered cyclic amide) rings is 1. The molecular formula is C24H21N3O9S. The SMILES string of the molecule is CC1=C(C(=O)OCc2ccc([N+](=O)[O-])cc2)N2C(=O)C(NC(=O)COc3ccccc3)[C@@H]2[S+]([O-])C1=CO. The minimum Gasteiger partial charge on any atom is -0.610 e. The van der Waals surface area contributed by atoms with Gasteiger partial charge in [0.05, 0.1) is 4.92 Å². The molecule has 2 aromatic rings. The van der Waals surface area contributed by atoms with E-state index in [1.165, 1.54) is 31.2 Å². The Balaban J connectivity index is 1.46. The van der Waals surface area contributed by atoms with Crippen LogP contribution in [0.25, 0.3) is 0 Å². The van der Waals surface area contributed by atoms with E-state index in [0.29, 0.717) is 17.6 Å². The van der Waals surface area contributed by atoms with Crippen LogP contribution in [0, 0.1) is 10.1 Å². The molecule has 0 bridgehead atoms. The van der Waals surface area contributed by atoms with E-state index in [1.807, 2.05) is 0 Å². The Bertz CT molecular complexity index is 1290. The fourth-order valence-electron chi connectivity index (χ4n) is 3.84. The molecule has 2 N–H and O–H groups in total. The lowest BCUT2D eigenvalue weighted by atomic mass is 10.0. The van der Waals surface area contributed by atoms with E-state index in [2.05, 4.69) is 5.32 Å². The Labute approximate surface area is 213 Å². The monoisotopic (exact) mass is 527 g/mol. The summed E-state index contributed by atoms with van der Waals surface area (Å²) < 4.78 is 23.7. The molecule has 2 amide bonds. The van der Waals surface area contributed by atoms with Crippen LogP contribution in [0.3, 0.4) is 0 Å². The Morgan fingerprint density at radius 1 is 1.19 bits per heavy atom. The first-order valence-corrected chi connectivity index (χ1v) is 12.1. The number of amides is 2. The number of aliphatic hydroxyl groups is 1. The van der Waals surface area contributed by atoms with Crippen molar-refractivity contribution in [1.29, 1.82) is 0 Å². The molecule has 2 aliphatic heterocycles. The van der Waals surface area contributed by atoms with Crippen molar-refractivity contribution in [2.24, 2.45) is 0 Å². The van der Waals surface area contributed by atoms with Gasteiger partial charge in [-0.3, -0.25) is 24.6 Å². The number of hydrogen-bond acceptors (Lipinski definition) is 9. The first-order valence-electron chi connectivity index (χ1n) is 10.9. The van der Waals surface area contributed by atoms with E-state index in [4.69, 9.17) is 9.47 Å². The topological polar surface area (TPSA) is 171 Å². The summed E-state index contributed by atoms with van der Waals surface area (Å²) in [7, 11) is 0. The lowest BCUT2D eigenvalue weighted by Gasteiger charge is -2.49. The average molecular weight is 528 g/mol. The smallest absolute Gasteiger partial charge is 0.356 e. The molecule has 2 aromatic carbocycles. The first kappa shape index (κ1) is 25.7. The van der Waals surface area contributed by atoms with Crippen molar-refractivity contribution in [3.8, 4) is 5.75 Å². The molecule has 12 nitrogen and oxygen atoms in total. The van der Waals surface area contributed by atoms with Crippen molar-refractivity contribution in [2.75, 3.05) is 6.61 Å². The predicted octanol–water partition coefficient (Wildman–Crippen LogP) is 1.81. The summed E-state index contributed by atoms with van der Waals surface area (Å²) in [5.41, 5.74) is 0.195. The van der Waals surface area contributed by atoms with Crippen molar-refractivity contribution in [1.82, 2.24) is 10.2 Å². The van der Waals surface area contributed by atoms with Crippen molar-refractivity contribution in [3.63, 3.8) is 0 Å². The van der Waals surface area contributed by atoms with Crippen molar-refractivity contribution in [3.05, 3.63) is 92.7 Å². The second-order valence-corrected chi connectivity index (χ2v) is 9.53. The molecule has 0 radical (unpaired) electrons. The van der Waals surface area contributed by atoms with Crippen molar-refractivity contribution >= 4 is 34.6 Å². The maximum atomic E-state index is 13.0. The van der Waals surface area contributed by atoms with Crippen LogP contribution in [0.5, 0.6) is 5.75 Å². The van der Waals surface area contributed by atoms with Gasteiger partial charge in [-0.15, -0.1) is 0 Å². The second kappa shape index (κ2) is 10.7. The number of rotatable bonds is 8. The normalized spacial score (nSPS) is 21.7. The lowest BCUT2D eigenvalue weighted by molar-refractivity contribution is -0.384. The second-order valence-electron chi connectivity index (χ2n) is 8.01. The van der Waals surface area contributed by atoms with Crippen LogP contribution < -0.4 is 10.1 Å². The molecule has 0 aliphatic carbocycles. The van der Waals surface area contributed by atoms with Crippen LogP contribution in [0.1, 0.15) is 12.5 Å². The highest BCUT2D eigenvalue weighted by molar-refractivity contribution is 7.96. The number of nitro groups is 1. The van der Waals surface area contributed by atoms with Gasteiger partial charge < -0.3 is 24.4 Å². The first-order chi connectivity index (χ1) is 17.7. The Morgan fingerprint density at radius 3 is 2.49 bits per heavy atom. The zero-order chi connectivity index (χ0) is 26.7. The summed E-state index contributed by atoms with van der Waals surface area (Å²) in [4.78, 5) is 49.4. The quantitative estimate of drug-likeness (QED) is 0.130. The van der Waals surface area contributed by atoms with Crippen molar-refractivity contribution in [2.45, 2.75) is 24.9 Å². The van der Waals surface area contributed by atoms with Crippen molar-refractivity contribution < 1.29 is 38.4 Å². The number of nitrogens with zero attached hydrogens (tertiary/aromatic N) is 2. The van der Waals surface area contributed by atoms with Gasteiger partial charge >= 0.3 is 5.97 Å². The minimum absolute atomic E-state index is 0.0799. The van der Waals surface area contributed by atoms with Crippen LogP contribution in [0.4, 0.5) is 5.69 Å². The molecule has 2 aliphatic rings. The molecule has 1 saturated heterocycles. The highest BCUT2D eigenvalue weighted by Gasteiger charge is 2.62. The summed E-state index contributed by atoms with van der Waals surface area (Å²) in [5, 5.41) is 21.8. The summed E-state index contributed by atoms with van der Waals surface area (Å²) in [6.45, 7) is 0.763. The number of benzene rings is 2. The van der Waals surface area contributed by atoms with Gasteiger partial charge in [-0.25, -0.2) is 4.79 Å². The van der Waals surface area contributed by atoms with Gasteiger partial charge in [-0.1, -0.05) is 18.2 Å². The average Bonchev–Trinajstić information content (AvgIpc) is 2.90. The number of ether oxygens (including phenoxy) is 2. The van der Waals surface area contributed by atoms with Gasteiger partial charge in [0.25, 0.3) is 17.5 Å². The highest BCUT2D eigenvalue weighted by atomic mass is 32.2. The Morgan fingerprint density at radius 2 is 1.86 bits per heavy atom. The van der Waals surface area contributed by atoms with E-state index in [0.717, 1.165) is 4.90 Å². The van der Waals surface area contributed by atoms with E-state index in [1.54, 1.807) is 30.3 Å². The van der Waals surface area contributed by atoms with Gasteiger partial charge in [0.1, 0.15) is 24.3 Å². The number of allylic oxidation sites excluding steroid dienone is 1. The molecular weight excluding hydrogens is 506 g/mol. The molecule has 13 heteroatoms. The Kier molecular flexibility index (Phi) is 7.45. The highest BCUT2D eigenvalue weighted by Crippen LogP contribution is 2.42. The Hall–Kier alpha value is -4.36. The number of nitrogens with one attached hydrogen (secondary N) is 1. The molecule has 0 spiro atoms. The van der Waals surface area contributed by atoms with E-state index in [-0.39, 0.29) is 28.5 Å². The van der Waals surface area contributed by atoms with E-state index in [9.17, 15) is 34.2 Å². The minimum atomic E-state index is -1.96. The van der Waals surface area contributed by atoms with Crippen LogP contribution in [0.15, 0.2) is 77.0 Å². The number of carbonyl (C=O) groups excluding carboxylic acids is 3. The molecule has 1 fully saturated rings. The number of aliphatic hydroxyl groups excluding tert-OH is 1. The molecule has 2 unspecified atom stereocenters. The third-order valence-corrected chi connectivity index (χ3v) is 7.47. The van der Waals surface area contributed by atoms with E-state index < -0.39 is 51.9 Å². The maximum Gasteiger partial charge on any atom is 0.356 e. The number of non-ortho nitro benzene ring substituents is 1. The fraction of sp³-hybridized carbons (Fsp3) is 0.208. The zero-order valence-corrected chi connectivity index (χ0v) is 20.2. The number of carbonyl (C=O) groups is 3. The van der Waals surface area contributed by atoms with E-state index >= 15 is 0 Å². The largest absolute Gasteiger partial charge is 0.610 e. The number of esters is 1. The molecule has 0 aromatic heterocycles. The lowest BCUT2D eigenvalue weighted by Crippen LogP contribution is -2.74. The summed E-state index contributed by atoms with van der Waals surface area (Å²) in [6.07, 6.45) is 0.590. The molecule has 37 heavy (non-hydrogen) atoms. The standard InChI is InChI=1S/C24H21N3O9S/c1-14-18(11-28)37(34)23-20(25-19(29)13-35-17-5-3-2-4-6-17)22(30)26(23)21(14)24(31)36-12-15-7-9-16(10-8-15)27(32)33/h2-11,20,23,28H,12-13H2,1H3,(H,25,29)/t20?,23-,37?/m0/s1. The maximum absolute atomic E-state index is 13.0. The van der Waals surface area contributed by atoms with Gasteiger partial charge in [0.2, 0.25) is 5.37 Å². The molecule has 2 heterocycles. The number of nitro benzene ring substituents is 1. The molecule has 192 valence electrons. The number of hydrogen-bond donors (Lipinski definition) is 2. The van der Waals surface area contributed by atoms with Crippen LogP contribution in [-0.4, -0.2) is 55.3 Å². The van der Waals surface area contributed by atoms with Gasteiger partial charge in [0.15, 0.2) is 17.6 Å². The van der Waals surface area contributed by atoms with Crippen LogP contribution >= 0.6 is 0 Å². The molecule has 0 saturated carbocycles. The number of para-hydroxylation sites is 1. The third kappa shape index (κ3) is 5.13. The summed E-state index contributed by atoms with van der Waals surface area (Å²) in [6, 6.07) is 12.7. The number of fused-ring (bicyclic) bond motifs is 1. The zero-order valence-electron chi connectivity index (χ0n) is 19.4. The van der Waals surface area contributed by atoms with Gasteiger partial charge in [-0.2, -0.15) is 0 Å².